The molecule has 0 aliphatic heterocycles. The Morgan fingerprint density at radius 2 is 1.52 bits per heavy atom. The third-order valence-electron chi connectivity index (χ3n) is 8.32. The molecule has 0 heterocycles. The van der Waals surface area contributed by atoms with E-state index in [4.69, 9.17) is 0 Å². The summed E-state index contributed by atoms with van der Waals surface area (Å²) >= 11 is 0. The maximum absolute atomic E-state index is 12.1. The third-order valence-corrected chi connectivity index (χ3v) is 8.32. The van der Waals surface area contributed by atoms with E-state index in [1.807, 2.05) is 13.8 Å². The number of aliphatic hydroxyl groups is 1. The molecule has 0 spiro atoms. The van der Waals surface area contributed by atoms with Gasteiger partial charge in [-0.1, -0.05) is 6.42 Å². The Morgan fingerprint density at radius 1 is 0.870 bits per heavy atom. The Kier molecular flexibility index (Phi) is 4.11. The summed E-state index contributed by atoms with van der Waals surface area (Å²) in [6.45, 7) is 3.88. The van der Waals surface area contributed by atoms with Crippen LogP contribution in [-0.4, -0.2) is 16.5 Å². The molecule has 4 aliphatic carbocycles. The second-order valence-corrected chi connectivity index (χ2v) is 9.62. The van der Waals surface area contributed by atoms with E-state index < -0.39 is 5.60 Å². The van der Waals surface area contributed by atoms with Crippen LogP contribution in [0.25, 0.3) is 0 Å². The first kappa shape index (κ1) is 16.1. The molecule has 0 amide bonds. The van der Waals surface area contributed by atoms with Crippen LogP contribution in [0.5, 0.6) is 0 Å². The fraction of sp³-hybridized carbons (Fsp3) is 0.952. The highest BCUT2D eigenvalue weighted by atomic mass is 16.3. The number of carbonyl (C=O) groups excluding carboxylic acids is 1. The maximum Gasteiger partial charge on any atom is 0.133 e. The van der Waals surface area contributed by atoms with E-state index in [1.54, 1.807) is 0 Å². The van der Waals surface area contributed by atoms with Gasteiger partial charge in [0, 0.05) is 5.92 Å². The number of ketones is 1. The lowest BCUT2D eigenvalue weighted by molar-refractivity contribution is -0.131. The van der Waals surface area contributed by atoms with Crippen LogP contribution in [0.15, 0.2) is 0 Å². The molecule has 0 unspecified atom stereocenters. The van der Waals surface area contributed by atoms with Crippen molar-refractivity contribution in [1.29, 1.82) is 0 Å². The SMILES string of the molecule is CC(=O)[C@H]1CCC[C@H]2[C@@H]3CC[C@@H]4C[C@](C)(O)CC[C@@H]4[C@H]3CC[C@@H]21. The van der Waals surface area contributed by atoms with Crippen molar-refractivity contribution in [2.24, 2.45) is 41.4 Å². The van der Waals surface area contributed by atoms with Gasteiger partial charge in [0.2, 0.25) is 0 Å². The Balaban J connectivity index is 1.52. The topological polar surface area (TPSA) is 37.3 Å². The Hall–Kier alpha value is -0.370. The van der Waals surface area contributed by atoms with Gasteiger partial charge in [-0.15, -0.1) is 0 Å². The van der Waals surface area contributed by atoms with Crippen molar-refractivity contribution in [3.63, 3.8) is 0 Å². The van der Waals surface area contributed by atoms with E-state index in [0.717, 1.165) is 48.9 Å². The predicted octanol–water partition coefficient (Wildman–Crippen LogP) is 4.60. The maximum atomic E-state index is 12.1. The molecule has 2 heteroatoms. The first-order valence-corrected chi connectivity index (χ1v) is 10.2. The van der Waals surface area contributed by atoms with Gasteiger partial charge >= 0.3 is 0 Å². The first-order valence-electron chi connectivity index (χ1n) is 10.2. The van der Waals surface area contributed by atoms with Crippen LogP contribution in [-0.2, 0) is 4.79 Å². The summed E-state index contributed by atoms with van der Waals surface area (Å²) in [5.74, 6) is 5.79. The average molecular weight is 319 g/mol. The van der Waals surface area contributed by atoms with Gasteiger partial charge in [0.05, 0.1) is 5.60 Å². The quantitative estimate of drug-likeness (QED) is 0.767. The molecule has 4 fully saturated rings. The molecular weight excluding hydrogens is 284 g/mol. The zero-order valence-electron chi connectivity index (χ0n) is 15.0. The fourth-order valence-electron chi connectivity index (χ4n) is 7.45. The molecule has 0 radical (unpaired) electrons. The molecule has 4 aliphatic rings. The van der Waals surface area contributed by atoms with E-state index in [9.17, 15) is 9.90 Å². The Labute approximate surface area is 141 Å². The van der Waals surface area contributed by atoms with Crippen LogP contribution in [0.3, 0.4) is 0 Å². The number of carbonyl (C=O) groups is 1. The summed E-state index contributed by atoms with van der Waals surface area (Å²) in [4.78, 5) is 12.1. The second kappa shape index (κ2) is 5.86. The summed E-state index contributed by atoms with van der Waals surface area (Å²) in [6.07, 6.45) is 12.4. The van der Waals surface area contributed by atoms with Crippen LogP contribution < -0.4 is 0 Å². The van der Waals surface area contributed by atoms with E-state index in [0.29, 0.717) is 17.6 Å². The number of Topliss-reactive ketones (excluding diaryl/α,β-unsaturated/α-hetero) is 1. The van der Waals surface area contributed by atoms with Crippen molar-refractivity contribution in [3.05, 3.63) is 0 Å². The van der Waals surface area contributed by atoms with Gasteiger partial charge in [0.25, 0.3) is 0 Å². The molecule has 0 bridgehead atoms. The molecule has 2 nitrogen and oxygen atoms in total. The van der Waals surface area contributed by atoms with Crippen molar-refractivity contribution in [2.75, 3.05) is 0 Å². The summed E-state index contributed by atoms with van der Waals surface area (Å²) in [7, 11) is 0. The highest BCUT2D eigenvalue weighted by molar-refractivity contribution is 5.78. The van der Waals surface area contributed by atoms with Gasteiger partial charge in [0.15, 0.2) is 0 Å². The van der Waals surface area contributed by atoms with Crippen LogP contribution in [0.2, 0.25) is 0 Å². The highest BCUT2D eigenvalue weighted by Gasteiger charge is 2.52. The van der Waals surface area contributed by atoms with Gasteiger partial charge in [-0.3, -0.25) is 4.79 Å². The minimum Gasteiger partial charge on any atom is -0.390 e. The molecule has 0 aromatic heterocycles. The minimum absolute atomic E-state index is 0.375. The normalized spacial score (nSPS) is 52.9. The van der Waals surface area contributed by atoms with Crippen LogP contribution in [0, 0.1) is 41.4 Å². The molecule has 0 aromatic carbocycles. The molecule has 0 aromatic rings. The molecule has 4 rings (SSSR count). The predicted molar refractivity (Wildman–Crippen MR) is 91.9 cm³/mol. The molecule has 4 saturated carbocycles. The Bertz CT molecular complexity index is 468. The fourth-order valence-corrected chi connectivity index (χ4v) is 7.45. The zero-order chi connectivity index (χ0) is 16.2. The number of hydrogen-bond acceptors (Lipinski definition) is 2. The first-order chi connectivity index (χ1) is 11.0. The van der Waals surface area contributed by atoms with Crippen molar-refractivity contribution in [1.82, 2.24) is 0 Å². The molecule has 8 atom stereocenters. The van der Waals surface area contributed by atoms with Gasteiger partial charge in [-0.05, 0) is 107 Å². The third kappa shape index (κ3) is 2.79. The molecule has 23 heavy (non-hydrogen) atoms. The number of hydrogen-bond donors (Lipinski definition) is 1. The largest absolute Gasteiger partial charge is 0.390 e. The van der Waals surface area contributed by atoms with Crippen LogP contribution in [0.4, 0.5) is 0 Å². The van der Waals surface area contributed by atoms with Gasteiger partial charge in [0.1, 0.15) is 5.78 Å². The van der Waals surface area contributed by atoms with Crippen molar-refractivity contribution in [2.45, 2.75) is 83.7 Å². The standard InChI is InChI=1S/C21H34O2/c1-13(22)15-4-3-5-17-18(15)8-9-19-16-10-11-21(2,23)12-14(16)6-7-20(17)19/h14-20,23H,3-12H2,1-2H3/t14-,15-,16+,17-,18-,19-,20+,21-/m1/s1. The van der Waals surface area contributed by atoms with E-state index in [1.165, 1.54) is 44.9 Å². The lowest BCUT2D eigenvalue weighted by Crippen LogP contribution is -2.50. The number of rotatable bonds is 1. The van der Waals surface area contributed by atoms with Gasteiger partial charge < -0.3 is 5.11 Å². The van der Waals surface area contributed by atoms with Crippen LogP contribution in [0.1, 0.15) is 78.1 Å². The summed E-state index contributed by atoms with van der Waals surface area (Å²) < 4.78 is 0. The monoisotopic (exact) mass is 318 g/mol. The van der Waals surface area contributed by atoms with Crippen molar-refractivity contribution < 1.29 is 9.90 Å². The Morgan fingerprint density at radius 3 is 2.30 bits per heavy atom. The van der Waals surface area contributed by atoms with E-state index in [2.05, 4.69) is 0 Å². The second-order valence-electron chi connectivity index (χ2n) is 9.62. The van der Waals surface area contributed by atoms with Crippen LogP contribution >= 0.6 is 0 Å². The molecule has 130 valence electrons. The van der Waals surface area contributed by atoms with E-state index in [-0.39, 0.29) is 0 Å². The minimum atomic E-state index is -0.407. The van der Waals surface area contributed by atoms with E-state index >= 15 is 0 Å². The number of fused-ring (bicyclic) bond motifs is 5. The summed E-state index contributed by atoms with van der Waals surface area (Å²) in [6, 6.07) is 0. The van der Waals surface area contributed by atoms with Gasteiger partial charge in [-0.2, -0.15) is 0 Å². The lowest BCUT2D eigenvalue weighted by Gasteiger charge is -2.56. The average Bonchev–Trinajstić information content (AvgIpc) is 2.52. The smallest absolute Gasteiger partial charge is 0.133 e. The lowest BCUT2D eigenvalue weighted by atomic mass is 9.49. The molecule has 0 saturated heterocycles. The van der Waals surface area contributed by atoms with Crippen molar-refractivity contribution in [3.8, 4) is 0 Å². The molecular formula is C21H34O2. The molecule has 1 N–H and O–H groups in total. The van der Waals surface area contributed by atoms with Gasteiger partial charge in [-0.25, -0.2) is 0 Å². The highest BCUT2D eigenvalue weighted by Crippen LogP contribution is 2.58. The van der Waals surface area contributed by atoms with Crippen molar-refractivity contribution >= 4 is 5.78 Å². The zero-order valence-corrected chi connectivity index (χ0v) is 15.0. The summed E-state index contributed by atoms with van der Waals surface area (Å²) in [5, 5.41) is 10.5. The summed E-state index contributed by atoms with van der Waals surface area (Å²) in [5.41, 5.74) is -0.407.